The molecule has 0 radical (unpaired) electrons. The lowest BCUT2D eigenvalue weighted by Crippen LogP contribution is -2.05. The van der Waals surface area contributed by atoms with Crippen molar-refractivity contribution < 1.29 is 9.21 Å². The molecule has 2 aromatic rings. The number of ketones is 1. The van der Waals surface area contributed by atoms with E-state index in [4.69, 9.17) is 21.8 Å². The van der Waals surface area contributed by atoms with E-state index >= 15 is 0 Å². The van der Waals surface area contributed by atoms with Gasteiger partial charge in [-0.1, -0.05) is 11.6 Å². The number of hydrogen-bond acceptors (Lipinski definition) is 3. The Balaban J connectivity index is 2.55. The van der Waals surface area contributed by atoms with Crippen LogP contribution in [0.2, 0.25) is 5.02 Å². The molecule has 0 saturated heterocycles. The summed E-state index contributed by atoms with van der Waals surface area (Å²) in [4.78, 5) is 12.4. The lowest BCUT2D eigenvalue weighted by molar-refractivity contribution is 0.103. The average molecular weight is 264 g/mol. The van der Waals surface area contributed by atoms with Gasteiger partial charge in [0.05, 0.1) is 10.6 Å². The van der Waals surface area contributed by atoms with Gasteiger partial charge in [-0.2, -0.15) is 0 Å². The molecule has 2 rings (SSSR count). The highest BCUT2D eigenvalue weighted by Gasteiger charge is 2.21. The van der Waals surface area contributed by atoms with E-state index in [0.717, 1.165) is 11.3 Å². The third-order valence-electron chi connectivity index (χ3n) is 3.03. The summed E-state index contributed by atoms with van der Waals surface area (Å²) in [6.45, 7) is 5.48. The van der Waals surface area contributed by atoms with Crippen molar-refractivity contribution in [1.29, 1.82) is 0 Å². The Labute approximate surface area is 111 Å². The quantitative estimate of drug-likeness (QED) is 0.664. The molecular weight excluding hydrogens is 250 g/mol. The van der Waals surface area contributed by atoms with E-state index in [2.05, 4.69) is 0 Å². The van der Waals surface area contributed by atoms with E-state index in [1.807, 2.05) is 13.8 Å². The van der Waals surface area contributed by atoms with E-state index in [9.17, 15) is 4.79 Å². The van der Waals surface area contributed by atoms with Gasteiger partial charge in [0.25, 0.3) is 0 Å². The van der Waals surface area contributed by atoms with Gasteiger partial charge < -0.3 is 10.2 Å². The Kier molecular flexibility index (Phi) is 3.18. The fourth-order valence-corrected chi connectivity index (χ4v) is 2.25. The van der Waals surface area contributed by atoms with Crippen LogP contribution in [0, 0.1) is 20.8 Å². The van der Waals surface area contributed by atoms with Gasteiger partial charge in [0, 0.05) is 16.8 Å². The lowest BCUT2D eigenvalue weighted by atomic mass is 9.99. The molecule has 0 saturated carbocycles. The molecule has 0 aliphatic carbocycles. The summed E-state index contributed by atoms with van der Waals surface area (Å²) in [6, 6.07) is 4.88. The third-order valence-corrected chi connectivity index (χ3v) is 3.34. The topological polar surface area (TPSA) is 56.2 Å². The average Bonchev–Trinajstić information content (AvgIpc) is 2.52. The normalized spacial score (nSPS) is 10.7. The fraction of sp³-hybridized carbons (Fsp3) is 0.214. The van der Waals surface area contributed by atoms with Gasteiger partial charge in [-0.05, 0) is 39.0 Å². The Morgan fingerprint density at radius 3 is 2.39 bits per heavy atom. The van der Waals surface area contributed by atoms with Gasteiger partial charge in [0.15, 0.2) is 5.78 Å². The molecule has 3 nitrogen and oxygen atoms in total. The molecule has 1 heterocycles. The third kappa shape index (κ3) is 2.02. The van der Waals surface area contributed by atoms with Gasteiger partial charge in [-0.15, -0.1) is 0 Å². The number of furan rings is 1. The number of nitrogens with two attached hydrogens (primary N) is 1. The zero-order valence-corrected chi connectivity index (χ0v) is 11.3. The van der Waals surface area contributed by atoms with Crippen molar-refractivity contribution in [3.05, 3.63) is 51.4 Å². The second kappa shape index (κ2) is 4.50. The predicted molar refractivity (Wildman–Crippen MR) is 72.2 cm³/mol. The highest BCUT2D eigenvalue weighted by molar-refractivity contribution is 6.35. The summed E-state index contributed by atoms with van der Waals surface area (Å²) in [6.07, 6.45) is 0. The van der Waals surface area contributed by atoms with Gasteiger partial charge >= 0.3 is 0 Å². The Morgan fingerprint density at radius 1 is 1.22 bits per heavy atom. The molecule has 18 heavy (non-hydrogen) atoms. The second-order valence-electron chi connectivity index (χ2n) is 4.28. The van der Waals surface area contributed by atoms with Crippen LogP contribution >= 0.6 is 11.6 Å². The number of carbonyl (C=O) groups excluding carboxylic acids is 1. The number of nitrogen functional groups attached to an aromatic ring is 1. The zero-order chi connectivity index (χ0) is 13.4. The molecule has 0 bridgehead atoms. The molecule has 4 heteroatoms. The summed E-state index contributed by atoms with van der Waals surface area (Å²) < 4.78 is 5.46. The lowest BCUT2D eigenvalue weighted by Gasteiger charge is -2.04. The highest BCUT2D eigenvalue weighted by atomic mass is 35.5. The minimum atomic E-state index is -0.133. The van der Waals surface area contributed by atoms with Crippen molar-refractivity contribution >= 4 is 23.1 Å². The van der Waals surface area contributed by atoms with E-state index in [1.165, 1.54) is 0 Å². The maximum Gasteiger partial charge on any atom is 0.198 e. The molecule has 0 spiro atoms. The first-order valence-corrected chi connectivity index (χ1v) is 5.96. The SMILES string of the molecule is Cc1oc(C)c(C(=O)c2ccc(N)cc2Cl)c1C. The zero-order valence-electron chi connectivity index (χ0n) is 10.5. The molecule has 1 aromatic carbocycles. The van der Waals surface area contributed by atoms with Crippen molar-refractivity contribution in [3.8, 4) is 0 Å². The van der Waals surface area contributed by atoms with Gasteiger partial charge in [0.1, 0.15) is 11.5 Å². The highest BCUT2D eigenvalue weighted by Crippen LogP contribution is 2.27. The van der Waals surface area contributed by atoms with E-state index < -0.39 is 0 Å². The summed E-state index contributed by atoms with van der Waals surface area (Å²) >= 11 is 6.05. The summed E-state index contributed by atoms with van der Waals surface area (Å²) in [7, 11) is 0. The maximum atomic E-state index is 12.4. The number of benzene rings is 1. The Bertz CT molecular complexity index is 629. The van der Waals surface area contributed by atoms with Crippen molar-refractivity contribution in [3.63, 3.8) is 0 Å². The molecule has 0 aliphatic rings. The maximum absolute atomic E-state index is 12.4. The minimum absolute atomic E-state index is 0.133. The predicted octanol–water partition coefficient (Wildman–Crippen LogP) is 3.67. The van der Waals surface area contributed by atoms with Gasteiger partial charge in [-0.25, -0.2) is 0 Å². The van der Waals surface area contributed by atoms with Gasteiger partial charge in [0.2, 0.25) is 0 Å². The van der Waals surface area contributed by atoms with Crippen LogP contribution in [-0.2, 0) is 0 Å². The van der Waals surface area contributed by atoms with Crippen molar-refractivity contribution in [1.82, 2.24) is 0 Å². The largest absolute Gasteiger partial charge is 0.466 e. The van der Waals surface area contributed by atoms with Crippen LogP contribution in [-0.4, -0.2) is 5.78 Å². The molecule has 2 N–H and O–H groups in total. The molecule has 0 fully saturated rings. The second-order valence-corrected chi connectivity index (χ2v) is 4.69. The first kappa shape index (κ1) is 12.7. The summed E-state index contributed by atoms with van der Waals surface area (Å²) in [5.41, 5.74) is 8.03. The number of rotatable bonds is 2. The molecule has 1 aromatic heterocycles. The number of aryl methyl sites for hydroxylation is 2. The van der Waals surface area contributed by atoms with E-state index in [1.54, 1.807) is 25.1 Å². The van der Waals surface area contributed by atoms with Crippen molar-refractivity contribution in [2.24, 2.45) is 0 Å². The van der Waals surface area contributed by atoms with E-state index in [0.29, 0.717) is 27.6 Å². The van der Waals surface area contributed by atoms with Crippen LogP contribution in [0.15, 0.2) is 22.6 Å². The minimum Gasteiger partial charge on any atom is -0.466 e. The Morgan fingerprint density at radius 2 is 1.89 bits per heavy atom. The summed E-state index contributed by atoms with van der Waals surface area (Å²) in [5, 5.41) is 0.359. The molecule has 94 valence electrons. The molecule has 0 amide bonds. The van der Waals surface area contributed by atoms with E-state index in [-0.39, 0.29) is 5.78 Å². The number of halogens is 1. The molecular formula is C14H14ClNO2. The standard InChI is InChI=1S/C14H14ClNO2/c1-7-8(2)18-9(3)13(7)14(17)11-5-4-10(16)6-12(11)15/h4-6H,16H2,1-3H3. The van der Waals surface area contributed by atoms with Crippen molar-refractivity contribution in [2.75, 3.05) is 5.73 Å². The number of hydrogen-bond donors (Lipinski definition) is 1. The summed E-state index contributed by atoms with van der Waals surface area (Å²) in [5.74, 6) is 1.23. The van der Waals surface area contributed by atoms with Crippen molar-refractivity contribution in [2.45, 2.75) is 20.8 Å². The van der Waals surface area contributed by atoms with Gasteiger partial charge in [-0.3, -0.25) is 4.79 Å². The van der Waals surface area contributed by atoms with Crippen LogP contribution < -0.4 is 5.73 Å². The van der Waals surface area contributed by atoms with Crippen LogP contribution in [0.3, 0.4) is 0 Å². The smallest absolute Gasteiger partial charge is 0.198 e. The molecule has 0 unspecified atom stereocenters. The first-order valence-electron chi connectivity index (χ1n) is 5.58. The van der Waals surface area contributed by atoms with Crippen LogP contribution in [0.25, 0.3) is 0 Å². The number of carbonyl (C=O) groups is 1. The monoisotopic (exact) mass is 263 g/mol. The van der Waals surface area contributed by atoms with Crippen LogP contribution in [0.5, 0.6) is 0 Å². The Hall–Kier alpha value is -1.74. The van der Waals surface area contributed by atoms with Crippen LogP contribution in [0.1, 0.15) is 33.0 Å². The molecule has 0 atom stereocenters. The molecule has 0 aliphatic heterocycles. The fourth-order valence-electron chi connectivity index (χ4n) is 1.98. The number of anilines is 1. The van der Waals surface area contributed by atoms with Crippen LogP contribution in [0.4, 0.5) is 5.69 Å². The first-order chi connectivity index (χ1) is 8.41.